The Balaban J connectivity index is 0.830. The van der Waals surface area contributed by atoms with E-state index in [-0.39, 0.29) is 48.3 Å². The van der Waals surface area contributed by atoms with Crippen LogP contribution in [-0.2, 0) is 9.47 Å². The van der Waals surface area contributed by atoms with Crippen LogP contribution in [0, 0.1) is 0 Å². The van der Waals surface area contributed by atoms with Gasteiger partial charge in [-0.25, -0.2) is 9.59 Å². The number of benzene rings is 4. The lowest BCUT2D eigenvalue weighted by atomic mass is 9.84. The smallest absolute Gasteiger partial charge is 0.407 e. The van der Waals surface area contributed by atoms with Crippen molar-refractivity contribution in [2.24, 2.45) is 0 Å². The Kier molecular flexibility index (Phi) is 12.9. The van der Waals surface area contributed by atoms with Crippen LogP contribution in [0.3, 0.4) is 0 Å². The van der Waals surface area contributed by atoms with Gasteiger partial charge < -0.3 is 30.7 Å². The van der Waals surface area contributed by atoms with Crippen LogP contribution in [-0.4, -0.2) is 62.7 Å². The topological polar surface area (TPSA) is 101 Å². The number of hydrogen-bond acceptors (Lipinski definition) is 6. The lowest BCUT2D eigenvalue weighted by molar-refractivity contribution is 0.104. The van der Waals surface area contributed by atoms with Gasteiger partial charge in [0.15, 0.2) is 0 Å². The van der Waals surface area contributed by atoms with Crippen LogP contribution in [0.2, 0.25) is 0 Å². The van der Waals surface area contributed by atoms with Gasteiger partial charge in [0, 0.05) is 62.9 Å². The number of nitrogens with one attached hydrogen (secondary N) is 4. The van der Waals surface area contributed by atoms with Crippen molar-refractivity contribution in [1.29, 1.82) is 0 Å². The van der Waals surface area contributed by atoms with E-state index in [9.17, 15) is 9.59 Å². The molecule has 0 spiro atoms. The van der Waals surface area contributed by atoms with Crippen molar-refractivity contribution < 1.29 is 19.1 Å². The number of unbranched alkanes of at least 4 members (excludes halogenated alkanes) is 3. The Hall–Kier alpha value is -4.66. The van der Waals surface area contributed by atoms with E-state index >= 15 is 0 Å². The van der Waals surface area contributed by atoms with Crippen LogP contribution >= 0.6 is 0 Å². The molecule has 2 heterocycles. The second kappa shape index (κ2) is 18.4. The molecule has 2 amide bonds. The van der Waals surface area contributed by atoms with Crippen molar-refractivity contribution in [3.63, 3.8) is 0 Å². The summed E-state index contributed by atoms with van der Waals surface area (Å²) in [5, 5.41) is 13.0. The van der Waals surface area contributed by atoms with Crippen LogP contribution in [0.4, 0.5) is 9.59 Å². The number of ether oxygens (including phenoxy) is 2. The minimum absolute atomic E-state index is 0.166. The number of alkyl carbamates (subject to hydrolysis) is 2. The molecule has 0 aliphatic carbocycles. The minimum atomic E-state index is -0.361. The fourth-order valence-corrected chi connectivity index (χ4v) is 7.48. The first-order chi connectivity index (χ1) is 24.6. The number of amides is 2. The van der Waals surface area contributed by atoms with E-state index in [1.165, 1.54) is 22.3 Å². The average Bonchev–Trinajstić information content (AvgIpc) is 3.81. The van der Waals surface area contributed by atoms with Crippen molar-refractivity contribution >= 4 is 12.2 Å². The highest BCUT2D eigenvalue weighted by atomic mass is 16.6. The van der Waals surface area contributed by atoms with Crippen molar-refractivity contribution in [3.8, 4) is 0 Å². The maximum absolute atomic E-state index is 12.5. The molecule has 0 aromatic heterocycles. The third kappa shape index (κ3) is 9.96. The number of carbonyl (C=O) groups is 2. The molecule has 0 radical (unpaired) electrons. The van der Waals surface area contributed by atoms with Crippen LogP contribution in [0.15, 0.2) is 121 Å². The van der Waals surface area contributed by atoms with Crippen molar-refractivity contribution in [3.05, 3.63) is 144 Å². The molecule has 2 fully saturated rings. The molecule has 8 heteroatoms. The highest BCUT2D eigenvalue weighted by molar-refractivity contribution is 5.67. The zero-order chi connectivity index (χ0) is 34.4. The average molecular weight is 675 g/mol. The highest BCUT2D eigenvalue weighted by Crippen LogP contribution is 2.34. The summed E-state index contributed by atoms with van der Waals surface area (Å²) >= 11 is 0. The van der Waals surface area contributed by atoms with Gasteiger partial charge in [0.05, 0.1) is 0 Å². The Morgan fingerprint density at radius 1 is 0.520 bits per heavy atom. The summed E-state index contributed by atoms with van der Waals surface area (Å²) in [5.41, 5.74) is 5.02. The van der Waals surface area contributed by atoms with Gasteiger partial charge in [-0.1, -0.05) is 134 Å². The Bertz CT molecular complexity index is 1390. The number of hydrogen-bond donors (Lipinski definition) is 4. The fourth-order valence-electron chi connectivity index (χ4n) is 7.48. The monoisotopic (exact) mass is 674 g/mol. The summed E-state index contributed by atoms with van der Waals surface area (Å²) in [6.07, 6.45) is 4.09. The molecular formula is C42H50N4O4. The second-order valence-electron chi connectivity index (χ2n) is 13.4. The molecule has 4 aromatic carbocycles. The van der Waals surface area contributed by atoms with Crippen molar-refractivity contribution in [1.82, 2.24) is 21.3 Å². The molecule has 0 unspecified atom stereocenters. The number of rotatable bonds is 15. The Labute approximate surface area is 296 Å². The predicted molar refractivity (Wildman–Crippen MR) is 197 cm³/mol. The fraction of sp³-hybridized carbons (Fsp3) is 0.381. The molecule has 2 aliphatic heterocycles. The van der Waals surface area contributed by atoms with Gasteiger partial charge >= 0.3 is 12.2 Å². The van der Waals surface area contributed by atoms with E-state index in [1.54, 1.807) is 0 Å². The first-order valence-corrected chi connectivity index (χ1v) is 18.2. The maximum atomic E-state index is 12.5. The molecule has 4 atom stereocenters. The summed E-state index contributed by atoms with van der Waals surface area (Å²) in [5.74, 6) is 0.380. The molecule has 262 valence electrons. The molecular weight excluding hydrogens is 624 g/mol. The van der Waals surface area contributed by atoms with Gasteiger partial charge in [-0.05, 0) is 35.1 Å². The lowest BCUT2D eigenvalue weighted by Crippen LogP contribution is -2.31. The minimum Gasteiger partial charge on any atom is -0.445 e. The van der Waals surface area contributed by atoms with Crippen LogP contribution in [0.5, 0.6) is 0 Å². The highest BCUT2D eigenvalue weighted by Gasteiger charge is 2.35. The van der Waals surface area contributed by atoms with E-state index in [0.29, 0.717) is 26.2 Å². The van der Waals surface area contributed by atoms with Gasteiger partial charge in [0.1, 0.15) is 12.2 Å². The molecule has 4 aromatic rings. The molecule has 2 saturated heterocycles. The summed E-state index contributed by atoms with van der Waals surface area (Å²) in [6.45, 7) is 2.42. The van der Waals surface area contributed by atoms with E-state index in [1.807, 2.05) is 24.3 Å². The summed E-state index contributed by atoms with van der Waals surface area (Å²) in [7, 11) is 0. The molecule has 8 nitrogen and oxygen atoms in total. The van der Waals surface area contributed by atoms with Gasteiger partial charge in [0.2, 0.25) is 0 Å². The van der Waals surface area contributed by atoms with Crippen LogP contribution in [0.25, 0.3) is 0 Å². The molecule has 0 bridgehead atoms. The van der Waals surface area contributed by atoms with Crippen molar-refractivity contribution in [2.45, 2.75) is 74.7 Å². The number of carbonyl (C=O) groups excluding carboxylic acids is 2. The predicted octanol–water partition coefficient (Wildman–Crippen LogP) is 7.12. The lowest BCUT2D eigenvalue weighted by Gasteiger charge is -2.25. The first kappa shape index (κ1) is 35.2. The Morgan fingerprint density at radius 2 is 0.840 bits per heavy atom. The summed E-state index contributed by atoms with van der Waals surface area (Å²) in [6, 6.07) is 42.4. The van der Waals surface area contributed by atoms with E-state index < -0.39 is 0 Å². The zero-order valence-electron chi connectivity index (χ0n) is 28.7. The third-order valence-electron chi connectivity index (χ3n) is 9.88. The Morgan fingerprint density at radius 3 is 1.16 bits per heavy atom. The maximum Gasteiger partial charge on any atom is 0.407 e. The summed E-state index contributed by atoms with van der Waals surface area (Å²) < 4.78 is 11.6. The van der Waals surface area contributed by atoms with E-state index in [0.717, 1.165) is 38.5 Å². The third-order valence-corrected chi connectivity index (χ3v) is 9.88. The van der Waals surface area contributed by atoms with Crippen molar-refractivity contribution in [2.75, 3.05) is 26.2 Å². The van der Waals surface area contributed by atoms with Gasteiger partial charge in [0.25, 0.3) is 0 Å². The molecule has 6 rings (SSSR count). The normalized spacial score (nSPS) is 20.1. The largest absolute Gasteiger partial charge is 0.445 e. The van der Waals surface area contributed by atoms with E-state index in [4.69, 9.17) is 9.47 Å². The SMILES string of the molecule is O=C(NCCCCCCNC(=O)O[C@H]1CN[C@@H](C(c2ccccc2)c2ccccc2)C1)O[C@H]1CN[C@@H](C(c2ccccc2)c2ccccc2)C1. The van der Waals surface area contributed by atoms with Gasteiger partial charge in [-0.15, -0.1) is 0 Å². The summed E-state index contributed by atoms with van der Waals surface area (Å²) in [4.78, 5) is 25.1. The second-order valence-corrected chi connectivity index (χ2v) is 13.4. The van der Waals surface area contributed by atoms with Crippen LogP contribution in [0.1, 0.15) is 72.6 Å². The van der Waals surface area contributed by atoms with E-state index in [2.05, 4.69) is 118 Å². The molecule has 0 saturated carbocycles. The molecule has 2 aliphatic rings. The zero-order valence-corrected chi connectivity index (χ0v) is 28.7. The molecule has 4 N–H and O–H groups in total. The van der Waals surface area contributed by atoms with Gasteiger partial charge in [-0.2, -0.15) is 0 Å². The standard InChI is InChI=1S/C42H50N4O4/c47-41(49-35-27-37(45-29-35)39(31-17-7-3-8-18-31)32-19-9-4-10-20-32)43-25-15-1-2-16-26-44-42(48)50-36-28-38(46-30-36)40(33-21-11-5-12-22-33)34-23-13-6-14-24-34/h3-14,17-24,35-40,45-46H,1-2,15-16,25-30H2,(H,43,47)(H,44,48)/t35-,36-,37-,38-/m1/s1. The quantitative estimate of drug-likeness (QED) is 0.100. The van der Waals surface area contributed by atoms with Gasteiger partial charge in [-0.3, -0.25) is 0 Å². The molecule has 50 heavy (non-hydrogen) atoms. The first-order valence-electron chi connectivity index (χ1n) is 18.2. The van der Waals surface area contributed by atoms with Crippen LogP contribution < -0.4 is 21.3 Å².